The van der Waals surface area contributed by atoms with E-state index in [1.165, 1.54) is 46.5 Å². The number of benzene rings is 2. The number of amides is 3. The number of fused-ring (bicyclic) bond motifs is 2. The zero-order chi connectivity index (χ0) is 46.9. The molecule has 0 bridgehead atoms. The maximum absolute atomic E-state index is 13.9. The van der Waals surface area contributed by atoms with E-state index in [0.29, 0.717) is 63.0 Å². The number of carbonyl (C=O) groups is 3. The van der Waals surface area contributed by atoms with Crippen molar-refractivity contribution in [2.75, 3.05) is 53.0 Å². The van der Waals surface area contributed by atoms with Gasteiger partial charge in [-0.15, -0.1) is 0 Å². The first kappa shape index (κ1) is 52.8. The van der Waals surface area contributed by atoms with Crippen LogP contribution in [0.4, 0.5) is 11.4 Å². The number of hydrogen-bond acceptors (Lipinski definition) is 14. The molecule has 0 fully saturated rings. The quantitative estimate of drug-likeness (QED) is 0.0350. The first-order valence-electron chi connectivity index (χ1n) is 19.8. The number of nitrogens with one attached hydrogen (secondary N) is 4. The molecule has 2 aliphatic rings. The fourth-order valence-electron chi connectivity index (χ4n) is 7.99. The van der Waals surface area contributed by atoms with Gasteiger partial charge in [0, 0.05) is 64.5 Å². The van der Waals surface area contributed by atoms with Crippen molar-refractivity contribution in [2.24, 2.45) is 0 Å². The number of carbonyl (C=O) groups excluding carboxylic acids is 3. The number of aliphatic hydroxyl groups is 1. The van der Waals surface area contributed by atoms with Gasteiger partial charge in [0.2, 0.25) is 5.69 Å². The molecule has 1 unspecified atom stereocenters. The Morgan fingerprint density at radius 3 is 1.86 bits per heavy atom. The van der Waals surface area contributed by atoms with Crippen molar-refractivity contribution in [1.82, 2.24) is 21.3 Å². The smallest absolute Gasteiger partial charge is 0.265 e. The summed E-state index contributed by atoms with van der Waals surface area (Å²) in [5.74, 6) is -0.803. The van der Waals surface area contributed by atoms with Crippen LogP contribution >= 0.6 is 46.5 Å². The normalized spacial score (nSPS) is 16.6. The van der Waals surface area contributed by atoms with E-state index >= 15 is 0 Å². The van der Waals surface area contributed by atoms with Crippen molar-refractivity contribution in [1.29, 1.82) is 0 Å². The van der Waals surface area contributed by atoms with Gasteiger partial charge in [0.1, 0.15) is 12.8 Å². The van der Waals surface area contributed by atoms with Crippen molar-refractivity contribution in [3.8, 4) is 0 Å². The summed E-state index contributed by atoms with van der Waals surface area (Å²) in [5.41, 5.74) is 3.28. The number of hydrogen-bond donors (Lipinski definition) is 7. The molecule has 1 atom stereocenters. The third kappa shape index (κ3) is 13.2. The van der Waals surface area contributed by atoms with Crippen LogP contribution in [0.1, 0.15) is 94.5 Å². The minimum absolute atomic E-state index is 0.0100. The maximum atomic E-state index is 13.9. The van der Waals surface area contributed by atoms with Crippen molar-refractivity contribution in [2.45, 2.75) is 57.6 Å². The molecule has 4 rings (SSSR count). The molecule has 340 valence electrons. The van der Waals surface area contributed by atoms with E-state index in [1.807, 2.05) is 77.8 Å². The van der Waals surface area contributed by atoms with Crippen molar-refractivity contribution in [3.05, 3.63) is 81.6 Å². The van der Waals surface area contributed by atoms with Gasteiger partial charge in [-0.3, -0.25) is 28.8 Å². The number of allylic oxidation sites excluding steroid dienone is 4. The van der Waals surface area contributed by atoms with Crippen LogP contribution in [0.5, 0.6) is 0 Å². The summed E-state index contributed by atoms with van der Waals surface area (Å²) >= 11 is 5.73. The minimum atomic E-state index is -4.33. The Bertz CT molecular complexity index is 2390. The van der Waals surface area contributed by atoms with Crippen molar-refractivity contribution >= 4 is 130 Å². The Morgan fingerprint density at radius 1 is 0.762 bits per heavy atom. The van der Waals surface area contributed by atoms with Crippen LogP contribution in [0.15, 0.2) is 48.2 Å². The molecule has 0 aliphatic carbocycles. The maximum Gasteiger partial charge on any atom is 0.265 e. The van der Waals surface area contributed by atoms with Gasteiger partial charge in [0.15, 0.2) is 34.2 Å². The zero-order valence-corrected chi connectivity index (χ0v) is 41.6. The largest absolute Gasteiger partial charge is 0.374 e. The second-order valence-corrected chi connectivity index (χ2v) is 22.5. The van der Waals surface area contributed by atoms with Crippen LogP contribution in [0.3, 0.4) is 0 Å². The lowest BCUT2D eigenvalue weighted by Crippen LogP contribution is -2.32. The van der Waals surface area contributed by atoms with Gasteiger partial charge in [-0.05, 0) is 50.1 Å². The lowest BCUT2D eigenvalue weighted by atomic mass is 9.78. The zero-order valence-electron chi connectivity index (χ0n) is 36.7. The molecule has 63 heavy (non-hydrogen) atoms. The molecule has 0 spiro atoms. The molecule has 7 N–H and O–H groups in total. The second-order valence-electron chi connectivity index (χ2n) is 15.9. The standard InChI is InChI=1S/C37H54B4N6O10S6/c1-36(2)28(46(10-6-12-62(52,53)54)26-16-22(32(48)42-18-58-38)14-24(30(26)36)34(50)44-20-60-40)8-5-9-29-37(3,4)31-25(35(51)45-21-61-41)15-23(33(49)43-19-59-39)17-27(31)47(29)11-7-13-63(55,56)57/h5,8-9,14-17,34,44,50H,6-7,10-13,18-21,38-41H2,1-4H3,(H4-,42,43,45,48,49,51,52,53,54,55,56,57)/p+1. The fraction of sp³-hybridized carbons (Fsp3) is 0.459. The van der Waals surface area contributed by atoms with E-state index in [9.17, 15) is 45.4 Å². The Hall–Kier alpha value is -2.80. The Labute approximate surface area is 391 Å². The lowest BCUT2D eigenvalue weighted by Gasteiger charge is -2.28. The highest BCUT2D eigenvalue weighted by Crippen LogP contribution is 2.51. The van der Waals surface area contributed by atoms with Crippen LogP contribution in [0, 0.1) is 0 Å². The summed E-state index contributed by atoms with van der Waals surface area (Å²) in [6.45, 7) is 7.98. The number of rotatable bonds is 23. The Balaban J connectivity index is 1.98. The van der Waals surface area contributed by atoms with Gasteiger partial charge in [-0.1, -0.05) is 19.9 Å². The molecule has 26 heteroatoms. The first-order valence-corrected chi connectivity index (χ1v) is 28.6. The van der Waals surface area contributed by atoms with Gasteiger partial charge in [-0.2, -0.15) is 56.3 Å². The number of anilines is 1. The summed E-state index contributed by atoms with van der Waals surface area (Å²) < 4.78 is 68.8. The average molecular weight is 980 g/mol. The van der Waals surface area contributed by atoms with E-state index in [2.05, 4.69) is 21.3 Å². The summed E-state index contributed by atoms with van der Waals surface area (Å²) in [4.78, 5) is 42.6. The second kappa shape index (κ2) is 22.6. The van der Waals surface area contributed by atoms with Gasteiger partial charge in [0.05, 0.1) is 45.7 Å². The van der Waals surface area contributed by atoms with Crippen LogP contribution in [-0.2, 0) is 31.1 Å². The van der Waals surface area contributed by atoms with E-state index < -0.39 is 60.6 Å². The van der Waals surface area contributed by atoms with Crippen molar-refractivity contribution in [3.63, 3.8) is 0 Å². The molecule has 0 saturated heterocycles. The third-order valence-corrected chi connectivity index (χ3v) is 14.0. The molecular formula is C37H55B4N6O10S6+. The molecule has 0 radical (unpaired) electrons. The van der Waals surface area contributed by atoms with E-state index in [1.54, 1.807) is 30.3 Å². The van der Waals surface area contributed by atoms with Crippen LogP contribution < -0.4 is 26.2 Å². The van der Waals surface area contributed by atoms with Gasteiger partial charge >= 0.3 is 0 Å². The predicted molar refractivity (Wildman–Crippen MR) is 270 cm³/mol. The molecule has 2 aromatic carbocycles. The van der Waals surface area contributed by atoms with E-state index in [4.69, 9.17) is 0 Å². The molecular weight excluding hydrogens is 924 g/mol. The summed E-state index contributed by atoms with van der Waals surface area (Å²) in [5, 5.41) is 23.3. The summed E-state index contributed by atoms with van der Waals surface area (Å²) in [6, 6.07) is 6.62. The van der Waals surface area contributed by atoms with Gasteiger partial charge in [0.25, 0.3) is 38.0 Å². The average Bonchev–Trinajstić information content (AvgIpc) is 3.56. The van der Waals surface area contributed by atoms with Gasteiger partial charge < -0.3 is 26.0 Å². The van der Waals surface area contributed by atoms with Crippen LogP contribution in [-0.4, -0.2) is 136 Å². The molecule has 2 heterocycles. The Morgan fingerprint density at radius 2 is 1.30 bits per heavy atom. The fourth-order valence-corrected chi connectivity index (χ4v) is 10.1. The third-order valence-electron chi connectivity index (χ3n) is 10.7. The molecule has 3 amide bonds. The molecule has 2 aromatic rings. The highest BCUT2D eigenvalue weighted by atomic mass is 32.2. The molecule has 2 aliphatic heterocycles. The van der Waals surface area contributed by atoms with Gasteiger partial charge in [-0.25, -0.2) is 11.6 Å². The van der Waals surface area contributed by atoms with E-state index in [0.717, 1.165) is 0 Å². The lowest BCUT2D eigenvalue weighted by molar-refractivity contribution is -0.437. The topological polar surface area (TPSA) is 235 Å². The molecule has 16 nitrogen and oxygen atoms in total. The highest BCUT2D eigenvalue weighted by molar-refractivity contribution is 8.20. The molecule has 0 saturated carbocycles. The summed E-state index contributed by atoms with van der Waals surface area (Å²) in [7, 11) is -1.23. The number of nitrogens with zero attached hydrogens (tertiary/aromatic N) is 2. The summed E-state index contributed by atoms with van der Waals surface area (Å²) in [6.07, 6.45) is 4.34. The first-order chi connectivity index (χ1) is 29.5. The molecule has 0 aromatic heterocycles. The SMILES string of the molecule is BSCNC(=O)c1cc(C(O)NCSB)c2c(c1)N(CCCS(=O)(=O)O)/C(=C/C=C/C1=[N+](CCCS(=O)(=O)O)c3cc(C(=O)NCSB)cc(C(=O)NCSB)c3C1(C)C)C2(C)C. The van der Waals surface area contributed by atoms with Crippen LogP contribution in [0.2, 0.25) is 0 Å². The number of aliphatic hydroxyl groups excluding tert-OH is 1. The van der Waals surface area contributed by atoms with Crippen molar-refractivity contribution < 1.29 is 50.0 Å². The predicted octanol–water partition coefficient (Wildman–Crippen LogP) is 0.582. The van der Waals surface area contributed by atoms with Crippen LogP contribution in [0.25, 0.3) is 0 Å². The minimum Gasteiger partial charge on any atom is -0.374 e. The van der Waals surface area contributed by atoms with E-state index in [-0.39, 0.29) is 48.5 Å². The monoisotopic (exact) mass is 979 g/mol. The Kier molecular flexibility index (Phi) is 18.9. The highest BCUT2D eigenvalue weighted by Gasteiger charge is 2.48.